The number of hydrogen-bond donors (Lipinski definition) is 1. The van der Waals surface area contributed by atoms with E-state index in [4.69, 9.17) is 14.2 Å². The van der Waals surface area contributed by atoms with Crippen LogP contribution in [0.15, 0.2) is 48.5 Å². The molecule has 3 rings (SSSR count). The predicted octanol–water partition coefficient (Wildman–Crippen LogP) is 3.85. The summed E-state index contributed by atoms with van der Waals surface area (Å²) in [6.45, 7) is 8.21. The molecule has 31 heavy (non-hydrogen) atoms. The first-order valence-corrected chi connectivity index (χ1v) is 10.9. The van der Waals surface area contributed by atoms with E-state index in [1.165, 1.54) is 0 Å². The van der Waals surface area contributed by atoms with Crippen molar-refractivity contribution in [2.24, 2.45) is 0 Å². The minimum absolute atomic E-state index is 0.109. The Morgan fingerprint density at radius 3 is 2.39 bits per heavy atom. The molecule has 0 unspecified atom stereocenters. The number of carbonyl (C=O) groups excluding carboxylic acids is 1. The summed E-state index contributed by atoms with van der Waals surface area (Å²) < 4.78 is 16.1. The van der Waals surface area contributed by atoms with Crippen molar-refractivity contribution in [2.75, 3.05) is 58.4 Å². The van der Waals surface area contributed by atoms with Gasteiger partial charge in [0.1, 0.15) is 11.5 Å². The highest BCUT2D eigenvalue weighted by atomic mass is 16.5. The number of benzene rings is 2. The lowest BCUT2D eigenvalue weighted by Crippen LogP contribution is -2.40. The van der Waals surface area contributed by atoms with Crippen LogP contribution in [0.3, 0.4) is 0 Å². The van der Waals surface area contributed by atoms with E-state index >= 15 is 0 Å². The molecule has 1 fully saturated rings. The Labute approximate surface area is 184 Å². The summed E-state index contributed by atoms with van der Waals surface area (Å²) in [6.07, 6.45) is 0.910. The van der Waals surface area contributed by atoms with Crippen molar-refractivity contribution >= 4 is 11.7 Å². The molecular weight excluding hydrogens is 394 g/mol. The van der Waals surface area contributed by atoms with E-state index in [9.17, 15) is 4.79 Å². The number of carbonyl (C=O) groups is 1. The zero-order valence-corrected chi connectivity index (χ0v) is 18.5. The smallest absolute Gasteiger partial charge is 0.322 e. The van der Waals surface area contributed by atoms with Gasteiger partial charge in [0, 0.05) is 38.4 Å². The standard InChI is InChI=1S/C24H33N3O4/c1-3-31-23-11-7-21(8-12-23)25-24(28)27(14-4-13-26-15-17-30-18-16-26)19-20-5-9-22(29-2)10-6-20/h5-12H,3-4,13-19H2,1-2H3,(H,25,28). The second-order valence-corrected chi connectivity index (χ2v) is 7.46. The molecule has 1 N–H and O–H groups in total. The maximum absolute atomic E-state index is 13.1. The van der Waals surface area contributed by atoms with Crippen LogP contribution in [0.5, 0.6) is 11.5 Å². The first-order valence-electron chi connectivity index (χ1n) is 10.9. The average Bonchev–Trinajstić information content (AvgIpc) is 2.81. The molecule has 168 valence electrons. The first kappa shape index (κ1) is 22.9. The number of nitrogens with zero attached hydrogens (tertiary/aromatic N) is 2. The molecule has 2 aromatic carbocycles. The second kappa shape index (κ2) is 12.2. The zero-order valence-electron chi connectivity index (χ0n) is 18.5. The number of ether oxygens (including phenoxy) is 3. The monoisotopic (exact) mass is 427 g/mol. The number of urea groups is 1. The van der Waals surface area contributed by atoms with E-state index in [1.807, 2.05) is 60.4 Å². The molecule has 0 radical (unpaired) electrons. The maximum atomic E-state index is 13.1. The predicted molar refractivity (Wildman–Crippen MR) is 122 cm³/mol. The van der Waals surface area contributed by atoms with Crippen LogP contribution in [-0.4, -0.2) is 68.9 Å². The van der Waals surface area contributed by atoms with Crippen LogP contribution >= 0.6 is 0 Å². The normalized spacial score (nSPS) is 14.1. The van der Waals surface area contributed by atoms with E-state index in [1.54, 1.807) is 7.11 Å². The minimum Gasteiger partial charge on any atom is -0.497 e. The van der Waals surface area contributed by atoms with E-state index < -0.39 is 0 Å². The summed E-state index contributed by atoms with van der Waals surface area (Å²) in [5, 5.41) is 3.02. The fourth-order valence-corrected chi connectivity index (χ4v) is 3.52. The van der Waals surface area contributed by atoms with Gasteiger partial charge in [-0.2, -0.15) is 0 Å². The molecule has 7 nitrogen and oxygen atoms in total. The number of morpholine rings is 1. The van der Waals surface area contributed by atoms with Crippen molar-refractivity contribution in [3.05, 3.63) is 54.1 Å². The minimum atomic E-state index is -0.109. The molecule has 0 bridgehead atoms. The highest BCUT2D eigenvalue weighted by Gasteiger charge is 2.16. The summed E-state index contributed by atoms with van der Waals surface area (Å²) in [5.74, 6) is 1.60. The summed E-state index contributed by atoms with van der Waals surface area (Å²) in [6, 6.07) is 15.2. The molecule has 7 heteroatoms. The number of nitrogens with one attached hydrogen (secondary N) is 1. The van der Waals surface area contributed by atoms with Crippen LogP contribution in [-0.2, 0) is 11.3 Å². The maximum Gasteiger partial charge on any atom is 0.322 e. The fourth-order valence-electron chi connectivity index (χ4n) is 3.52. The SMILES string of the molecule is CCOc1ccc(NC(=O)N(CCCN2CCOCC2)Cc2ccc(OC)cc2)cc1. The summed E-state index contributed by atoms with van der Waals surface area (Å²) in [7, 11) is 1.65. The third kappa shape index (κ3) is 7.45. The van der Waals surface area contributed by atoms with Gasteiger partial charge in [0.2, 0.25) is 0 Å². The van der Waals surface area contributed by atoms with Crippen molar-refractivity contribution in [3.63, 3.8) is 0 Å². The van der Waals surface area contributed by atoms with E-state index in [-0.39, 0.29) is 6.03 Å². The van der Waals surface area contributed by atoms with Crippen LogP contribution in [0.4, 0.5) is 10.5 Å². The lowest BCUT2D eigenvalue weighted by Gasteiger charge is -2.28. The number of rotatable bonds is 10. The van der Waals surface area contributed by atoms with Crippen LogP contribution < -0.4 is 14.8 Å². The van der Waals surface area contributed by atoms with Gasteiger partial charge in [0.05, 0.1) is 26.9 Å². The Kier molecular flexibility index (Phi) is 8.99. The average molecular weight is 428 g/mol. The number of hydrogen-bond acceptors (Lipinski definition) is 5. The molecule has 1 heterocycles. The van der Waals surface area contributed by atoms with Gasteiger partial charge in [0.25, 0.3) is 0 Å². The van der Waals surface area contributed by atoms with Gasteiger partial charge in [-0.1, -0.05) is 12.1 Å². The van der Waals surface area contributed by atoms with Gasteiger partial charge in [-0.05, 0) is 55.3 Å². The molecular formula is C24H33N3O4. The highest BCUT2D eigenvalue weighted by molar-refractivity contribution is 5.89. The Balaban J connectivity index is 1.61. The lowest BCUT2D eigenvalue weighted by molar-refractivity contribution is 0.0365. The Bertz CT molecular complexity index is 789. The molecule has 1 aliphatic heterocycles. The van der Waals surface area contributed by atoms with Crippen molar-refractivity contribution in [3.8, 4) is 11.5 Å². The first-order chi connectivity index (χ1) is 15.2. The van der Waals surface area contributed by atoms with E-state index in [2.05, 4.69) is 10.2 Å². The molecule has 0 aliphatic carbocycles. The van der Waals surface area contributed by atoms with Gasteiger partial charge in [0.15, 0.2) is 0 Å². The number of methoxy groups -OCH3 is 1. The van der Waals surface area contributed by atoms with Gasteiger partial charge in [-0.15, -0.1) is 0 Å². The number of anilines is 1. The Morgan fingerprint density at radius 1 is 1.06 bits per heavy atom. The number of amides is 2. The van der Waals surface area contributed by atoms with E-state index in [0.717, 1.165) is 62.0 Å². The molecule has 1 aliphatic rings. The molecule has 0 atom stereocenters. The van der Waals surface area contributed by atoms with Gasteiger partial charge in [-0.25, -0.2) is 4.79 Å². The summed E-state index contributed by atoms with van der Waals surface area (Å²) in [4.78, 5) is 17.3. The molecule has 1 saturated heterocycles. The van der Waals surface area contributed by atoms with Gasteiger partial charge in [-0.3, -0.25) is 4.90 Å². The molecule has 0 saturated carbocycles. The summed E-state index contributed by atoms with van der Waals surface area (Å²) >= 11 is 0. The summed E-state index contributed by atoms with van der Waals surface area (Å²) in [5.41, 5.74) is 1.82. The molecule has 0 spiro atoms. The fraction of sp³-hybridized carbons (Fsp3) is 0.458. The van der Waals surface area contributed by atoms with Gasteiger partial charge < -0.3 is 24.4 Å². The molecule has 0 aromatic heterocycles. The van der Waals surface area contributed by atoms with Crippen molar-refractivity contribution in [2.45, 2.75) is 19.9 Å². The van der Waals surface area contributed by atoms with Gasteiger partial charge >= 0.3 is 6.03 Å². The van der Waals surface area contributed by atoms with Crippen LogP contribution in [0, 0.1) is 0 Å². The van der Waals surface area contributed by atoms with Crippen LogP contribution in [0.1, 0.15) is 18.9 Å². The zero-order chi connectivity index (χ0) is 21.9. The third-order valence-electron chi connectivity index (χ3n) is 5.24. The van der Waals surface area contributed by atoms with E-state index in [0.29, 0.717) is 19.7 Å². The Hall–Kier alpha value is -2.77. The van der Waals surface area contributed by atoms with Crippen LogP contribution in [0.2, 0.25) is 0 Å². The Morgan fingerprint density at radius 2 is 1.74 bits per heavy atom. The van der Waals surface area contributed by atoms with Crippen molar-refractivity contribution in [1.82, 2.24) is 9.80 Å². The largest absolute Gasteiger partial charge is 0.497 e. The molecule has 2 aromatic rings. The quantitative estimate of drug-likeness (QED) is 0.624. The van der Waals surface area contributed by atoms with Crippen molar-refractivity contribution in [1.29, 1.82) is 0 Å². The topological polar surface area (TPSA) is 63.3 Å². The second-order valence-electron chi connectivity index (χ2n) is 7.46. The van der Waals surface area contributed by atoms with Crippen LogP contribution in [0.25, 0.3) is 0 Å². The van der Waals surface area contributed by atoms with Crippen molar-refractivity contribution < 1.29 is 19.0 Å². The highest BCUT2D eigenvalue weighted by Crippen LogP contribution is 2.18. The lowest BCUT2D eigenvalue weighted by atomic mass is 10.2. The third-order valence-corrected chi connectivity index (χ3v) is 5.24. The molecule has 2 amide bonds.